The Hall–Kier alpha value is -2.55. The molecule has 0 unspecified atom stereocenters. The first-order chi connectivity index (χ1) is 13.3. The van der Waals surface area contributed by atoms with Crippen LogP contribution in [-0.4, -0.2) is 57.6 Å². The summed E-state index contributed by atoms with van der Waals surface area (Å²) in [6.45, 7) is 4.02. The van der Waals surface area contributed by atoms with Gasteiger partial charge in [0.05, 0.1) is 38.1 Å². The molecule has 8 heteroatoms. The highest BCUT2D eigenvalue weighted by atomic mass is 32.2. The maximum atomic E-state index is 12.7. The topological polar surface area (TPSA) is 88.0 Å². The lowest BCUT2D eigenvalue weighted by atomic mass is 10.1. The number of anilines is 1. The van der Waals surface area contributed by atoms with Gasteiger partial charge in [-0.3, -0.25) is 9.59 Å². The first-order valence-electron chi connectivity index (χ1n) is 9.11. The molecule has 1 aliphatic rings. The molecule has 0 aliphatic carbocycles. The van der Waals surface area contributed by atoms with Crippen LogP contribution in [0.3, 0.4) is 0 Å². The first-order valence-corrected chi connectivity index (χ1v) is 10.6. The smallest absolute Gasteiger partial charge is 0.255 e. The molecule has 28 heavy (non-hydrogen) atoms. The van der Waals surface area contributed by atoms with Crippen LogP contribution in [-0.2, 0) is 10.0 Å². The van der Waals surface area contributed by atoms with Gasteiger partial charge in [-0.1, -0.05) is 0 Å². The molecule has 1 fully saturated rings. The van der Waals surface area contributed by atoms with E-state index in [-0.39, 0.29) is 16.6 Å². The summed E-state index contributed by atoms with van der Waals surface area (Å²) in [4.78, 5) is 25.2. The Labute approximate surface area is 165 Å². The van der Waals surface area contributed by atoms with E-state index < -0.39 is 10.0 Å². The van der Waals surface area contributed by atoms with Gasteiger partial charge in [0, 0.05) is 16.8 Å². The molecule has 0 saturated carbocycles. The Kier molecular flexibility index (Phi) is 5.93. The Morgan fingerprint density at radius 1 is 0.929 bits per heavy atom. The van der Waals surface area contributed by atoms with Crippen molar-refractivity contribution in [1.82, 2.24) is 4.31 Å². The van der Waals surface area contributed by atoms with E-state index in [1.807, 2.05) is 7.05 Å². The van der Waals surface area contributed by atoms with Gasteiger partial charge in [0.2, 0.25) is 10.0 Å². The third-order valence-corrected chi connectivity index (χ3v) is 6.79. The number of amides is 1. The summed E-state index contributed by atoms with van der Waals surface area (Å²) >= 11 is 0. The van der Waals surface area contributed by atoms with Gasteiger partial charge in [-0.05, 0) is 55.5 Å². The second-order valence-corrected chi connectivity index (χ2v) is 8.91. The van der Waals surface area contributed by atoms with Gasteiger partial charge in [0.25, 0.3) is 5.91 Å². The Balaban J connectivity index is 1.69. The van der Waals surface area contributed by atoms with E-state index in [1.54, 1.807) is 24.3 Å². The molecule has 0 radical (unpaired) electrons. The molecule has 2 N–H and O–H groups in total. The minimum atomic E-state index is -3.54. The number of hydrogen-bond acceptors (Lipinski definition) is 4. The average Bonchev–Trinajstić information content (AvgIpc) is 2.69. The Morgan fingerprint density at radius 3 is 2.00 bits per heavy atom. The maximum Gasteiger partial charge on any atom is 0.255 e. The fraction of sp³-hybridized carbons (Fsp3) is 0.300. The lowest BCUT2D eigenvalue weighted by molar-refractivity contribution is -0.883. The first kappa shape index (κ1) is 20.2. The van der Waals surface area contributed by atoms with Crippen LogP contribution in [0.25, 0.3) is 0 Å². The van der Waals surface area contributed by atoms with Crippen molar-refractivity contribution in [2.45, 2.75) is 11.8 Å². The van der Waals surface area contributed by atoms with Crippen LogP contribution in [0, 0.1) is 0 Å². The van der Waals surface area contributed by atoms with Gasteiger partial charge in [-0.25, -0.2) is 8.42 Å². The maximum absolute atomic E-state index is 12.7. The summed E-state index contributed by atoms with van der Waals surface area (Å²) in [6.07, 6.45) is 0. The highest BCUT2D eigenvalue weighted by molar-refractivity contribution is 7.89. The lowest BCUT2D eigenvalue weighted by Crippen LogP contribution is -3.12. The zero-order chi connectivity index (χ0) is 20.3. The van der Waals surface area contributed by atoms with E-state index in [0.29, 0.717) is 29.9 Å². The van der Waals surface area contributed by atoms with E-state index in [4.69, 9.17) is 0 Å². The van der Waals surface area contributed by atoms with Crippen LogP contribution >= 0.6 is 0 Å². The number of nitrogens with one attached hydrogen (secondary N) is 2. The monoisotopic (exact) mass is 402 g/mol. The molecule has 1 saturated heterocycles. The van der Waals surface area contributed by atoms with E-state index in [9.17, 15) is 18.0 Å². The molecular formula is C20H24N3O4S+. The number of nitrogens with zero attached hydrogens (tertiary/aromatic N) is 1. The summed E-state index contributed by atoms with van der Waals surface area (Å²) in [7, 11) is -1.50. The highest BCUT2D eigenvalue weighted by Crippen LogP contribution is 2.18. The van der Waals surface area contributed by atoms with Crippen LogP contribution < -0.4 is 10.2 Å². The fourth-order valence-electron chi connectivity index (χ4n) is 3.03. The molecule has 1 amide bonds. The predicted octanol–water partition coefficient (Wildman–Crippen LogP) is 0.661. The van der Waals surface area contributed by atoms with E-state index in [0.717, 1.165) is 13.1 Å². The second-order valence-electron chi connectivity index (χ2n) is 6.97. The molecular weight excluding hydrogens is 378 g/mol. The molecule has 148 valence electrons. The standard InChI is InChI=1S/C20H23N3O4S/c1-15(24)16-3-7-18(8-4-16)21-20(25)17-5-9-19(10-6-17)28(26,27)23-13-11-22(2)12-14-23/h3-10H,11-14H2,1-2H3,(H,21,25)/p+1. The molecule has 0 aromatic heterocycles. The summed E-state index contributed by atoms with van der Waals surface area (Å²) < 4.78 is 27.0. The zero-order valence-electron chi connectivity index (χ0n) is 15.9. The van der Waals surface area contributed by atoms with E-state index in [1.165, 1.54) is 40.4 Å². The number of carbonyl (C=O) groups is 2. The van der Waals surface area contributed by atoms with Gasteiger partial charge in [0.1, 0.15) is 0 Å². The summed E-state index contributed by atoms with van der Waals surface area (Å²) in [5, 5.41) is 2.74. The van der Waals surface area contributed by atoms with Gasteiger partial charge in [-0.2, -0.15) is 4.31 Å². The van der Waals surface area contributed by atoms with Crippen LogP contribution in [0.5, 0.6) is 0 Å². The van der Waals surface area contributed by atoms with Crippen molar-refractivity contribution in [1.29, 1.82) is 0 Å². The van der Waals surface area contributed by atoms with Crippen molar-refractivity contribution in [2.24, 2.45) is 0 Å². The molecule has 0 bridgehead atoms. The zero-order valence-corrected chi connectivity index (χ0v) is 16.8. The average molecular weight is 402 g/mol. The van der Waals surface area contributed by atoms with Crippen LogP contribution in [0.2, 0.25) is 0 Å². The summed E-state index contributed by atoms with van der Waals surface area (Å²) in [5.41, 5.74) is 1.49. The highest BCUT2D eigenvalue weighted by Gasteiger charge is 2.29. The summed E-state index contributed by atoms with van der Waals surface area (Å²) in [5.74, 6) is -0.390. The number of piperazine rings is 1. The van der Waals surface area contributed by atoms with Crippen molar-refractivity contribution in [3.05, 3.63) is 59.7 Å². The number of sulfonamides is 1. The summed E-state index contributed by atoms with van der Waals surface area (Å²) in [6, 6.07) is 12.5. The van der Waals surface area contributed by atoms with Crippen LogP contribution in [0.15, 0.2) is 53.4 Å². The van der Waals surface area contributed by atoms with Crippen molar-refractivity contribution >= 4 is 27.4 Å². The van der Waals surface area contributed by atoms with E-state index in [2.05, 4.69) is 5.32 Å². The molecule has 0 atom stereocenters. The molecule has 2 aromatic carbocycles. The fourth-order valence-corrected chi connectivity index (χ4v) is 4.47. The predicted molar refractivity (Wildman–Crippen MR) is 106 cm³/mol. The minimum absolute atomic E-state index is 0.0450. The number of ketones is 1. The minimum Gasteiger partial charge on any atom is -0.335 e. The van der Waals surface area contributed by atoms with Crippen LogP contribution in [0.4, 0.5) is 5.69 Å². The molecule has 0 spiro atoms. The number of Topliss-reactive ketones (excluding diaryl/α,β-unsaturated/α-hetero) is 1. The van der Waals surface area contributed by atoms with Gasteiger partial charge >= 0.3 is 0 Å². The number of quaternary nitrogens is 1. The van der Waals surface area contributed by atoms with Gasteiger partial charge in [-0.15, -0.1) is 0 Å². The largest absolute Gasteiger partial charge is 0.335 e. The molecule has 3 rings (SSSR count). The van der Waals surface area contributed by atoms with Crippen molar-refractivity contribution in [2.75, 3.05) is 38.5 Å². The molecule has 2 aromatic rings. The third-order valence-electron chi connectivity index (χ3n) is 4.88. The Bertz CT molecular complexity index is 962. The quantitative estimate of drug-likeness (QED) is 0.720. The number of likely N-dealkylation sites (N-methyl/N-ethyl adjacent to an activating group) is 1. The molecule has 7 nitrogen and oxygen atoms in total. The lowest BCUT2D eigenvalue weighted by Gasteiger charge is -2.29. The second kappa shape index (κ2) is 8.22. The number of carbonyl (C=O) groups excluding carboxylic acids is 2. The molecule has 1 aliphatic heterocycles. The number of benzene rings is 2. The van der Waals surface area contributed by atoms with Crippen LogP contribution in [0.1, 0.15) is 27.6 Å². The number of rotatable bonds is 5. The molecule has 1 heterocycles. The third kappa shape index (κ3) is 4.46. The van der Waals surface area contributed by atoms with Crippen molar-refractivity contribution < 1.29 is 22.9 Å². The Morgan fingerprint density at radius 2 is 1.46 bits per heavy atom. The van der Waals surface area contributed by atoms with E-state index >= 15 is 0 Å². The van der Waals surface area contributed by atoms with Gasteiger partial charge < -0.3 is 10.2 Å². The SMILES string of the molecule is CC(=O)c1ccc(NC(=O)c2ccc(S(=O)(=O)N3CC[NH+](C)CC3)cc2)cc1. The normalized spacial score (nSPS) is 15.9. The van der Waals surface area contributed by atoms with Gasteiger partial charge in [0.15, 0.2) is 5.78 Å². The van der Waals surface area contributed by atoms with Crippen molar-refractivity contribution in [3.8, 4) is 0 Å². The number of hydrogen-bond donors (Lipinski definition) is 2. The van der Waals surface area contributed by atoms with Crippen molar-refractivity contribution in [3.63, 3.8) is 0 Å².